The molecule has 1 fully saturated rings. The van der Waals surface area contributed by atoms with E-state index in [2.05, 4.69) is 16.5 Å². The van der Waals surface area contributed by atoms with Crippen LogP contribution in [0.15, 0.2) is 18.2 Å². The molecular formula is C13H15ClN2OS. The SMILES string of the molecule is CC1(Cn2c(=S)[nH]c3ccc(Cl)cc32)CCCO1. The first-order valence-corrected chi connectivity index (χ1v) is 6.88. The third-order valence-corrected chi connectivity index (χ3v) is 4.09. The van der Waals surface area contributed by atoms with Crippen molar-refractivity contribution in [2.75, 3.05) is 6.61 Å². The van der Waals surface area contributed by atoms with Crippen LogP contribution in [0.4, 0.5) is 0 Å². The molecule has 1 saturated heterocycles. The molecule has 0 saturated carbocycles. The van der Waals surface area contributed by atoms with Crippen molar-refractivity contribution in [1.82, 2.24) is 9.55 Å². The molecule has 0 bridgehead atoms. The smallest absolute Gasteiger partial charge is 0.178 e. The maximum atomic E-state index is 6.06. The van der Waals surface area contributed by atoms with Crippen molar-refractivity contribution in [3.05, 3.63) is 28.0 Å². The lowest BCUT2D eigenvalue weighted by Gasteiger charge is -2.23. The molecular weight excluding hydrogens is 268 g/mol. The van der Waals surface area contributed by atoms with E-state index in [1.54, 1.807) is 0 Å². The minimum absolute atomic E-state index is 0.115. The summed E-state index contributed by atoms with van der Waals surface area (Å²) in [6, 6.07) is 5.77. The molecule has 3 nitrogen and oxygen atoms in total. The molecule has 0 radical (unpaired) electrons. The molecule has 1 atom stereocenters. The third-order valence-electron chi connectivity index (χ3n) is 3.53. The quantitative estimate of drug-likeness (QED) is 0.846. The molecule has 2 heterocycles. The van der Waals surface area contributed by atoms with Gasteiger partial charge in [-0.05, 0) is 50.2 Å². The van der Waals surface area contributed by atoms with E-state index in [0.29, 0.717) is 0 Å². The van der Waals surface area contributed by atoms with Gasteiger partial charge in [0.25, 0.3) is 0 Å². The number of hydrogen-bond donors (Lipinski definition) is 1. The second-order valence-corrected chi connectivity index (χ2v) is 5.90. The van der Waals surface area contributed by atoms with Gasteiger partial charge in [0.05, 0.1) is 23.2 Å². The van der Waals surface area contributed by atoms with Gasteiger partial charge in [0.2, 0.25) is 0 Å². The summed E-state index contributed by atoms with van der Waals surface area (Å²) < 4.78 is 8.65. The molecule has 96 valence electrons. The highest BCUT2D eigenvalue weighted by Crippen LogP contribution is 2.29. The Labute approximate surface area is 116 Å². The summed E-state index contributed by atoms with van der Waals surface area (Å²) >= 11 is 11.4. The van der Waals surface area contributed by atoms with Crippen molar-refractivity contribution in [1.29, 1.82) is 0 Å². The molecule has 1 unspecified atom stereocenters. The Morgan fingerprint density at radius 2 is 2.39 bits per heavy atom. The number of imidazole rings is 1. The first kappa shape index (κ1) is 12.2. The van der Waals surface area contributed by atoms with Gasteiger partial charge >= 0.3 is 0 Å². The van der Waals surface area contributed by atoms with Gasteiger partial charge < -0.3 is 14.3 Å². The van der Waals surface area contributed by atoms with Gasteiger partial charge in [-0.1, -0.05) is 11.6 Å². The van der Waals surface area contributed by atoms with E-state index < -0.39 is 0 Å². The zero-order valence-electron chi connectivity index (χ0n) is 10.2. The Hall–Kier alpha value is -0.840. The number of nitrogens with one attached hydrogen (secondary N) is 1. The highest BCUT2D eigenvalue weighted by Gasteiger charge is 2.30. The lowest BCUT2D eigenvalue weighted by atomic mass is 10.0. The van der Waals surface area contributed by atoms with E-state index in [0.717, 1.165) is 46.8 Å². The fourth-order valence-corrected chi connectivity index (χ4v) is 3.02. The molecule has 1 aromatic carbocycles. The summed E-state index contributed by atoms with van der Waals surface area (Å²) in [6.07, 6.45) is 2.19. The number of nitrogens with zero attached hydrogens (tertiary/aromatic N) is 1. The van der Waals surface area contributed by atoms with Crippen molar-refractivity contribution in [2.45, 2.75) is 31.9 Å². The molecule has 18 heavy (non-hydrogen) atoms. The number of ether oxygens (including phenoxy) is 1. The summed E-state index contributed by atoms with van der Waals surface area (Å²) in [5.74, 6) is 0. The summed E-state index contributed by atoms with van der Waals surface area (Å²) in [4.78, 5) is 3.21. The van der Waals surface area contributed by atoms with Crippen molar-refractivity contribution in [2.24, 2.45) is 0 Å². The summed E-state index contributed by atoms with van der Waals surface area (Å²) in [5.41, 5.74) is 1.95. The number of rotatable bonds is 2. The number of hydrogen-bond acceptors (Lipinski definition) is 2. The number of aromatic amines is 1. The summed E-state index contributed by atoms with van der Waals surface area (Å²) in [5, 5.41) is 0.725. The summed E-state index contributed by atoms with van der Waals surface area (Å²) in [6.45, 7) is 3.75. The molecule has 0 spiro atoms. The average Bonchev–Trinajstić information content (AvgIpc) is 2.86. The Morgan fingerprint density at radius 3 is 3.11 bits per heavy atom. The zero-order chi connectivity index (χ0) is 12.8. The van der Waals surface area contributed by atoms with Gasteiger partial charge in [-0.3, -0.25) is 0 Å². The average molecular weight is 283 g/mol. The summed E-state index contributed by atoms with van der Waals surface area (Å²) in [7, 11) is 0. The third kappa shape index (κ3) is 2.09. The van der Waals surface area contributed by atoms with Crippen LogP contribution in [0.5, 0.6) is 0 Å². The van der Waals surface area contributed by atoms with Crippen LogP contribution in [-0.2, 0) is 11.3 Å². The number of benzene rings is 1. The topological polar surface area (TPSA) is 29.9 Å². The van der Waals surface area contributed by atoms with E-state index in [-0.39, 0.29) is 5.60 Å². The Kier molecular flexibility index (Phi) is 2.96. The van der Waals surface area contributed by atoms with Gasteiger partial charge in [-0.25, -0.2) is 0 Å². The maximum Gasteiger partial charge on any atom is 0.178 e. The van der Waals surface area contributed by atoms with Crippen molar-refractivity contribution >= 4 is 34.9 Å². The molecule has 1 aliphatic heterocycles. The van der Waals surface area contributed by atoms with Crippen LogP contribution in [0.2, 0.25) is 5.02 Å². The minimum atomic E-state index is -0.115. The van der Waals surface area contributed by atoms with Gasteiger partial charge in [-0.15, -0.1) is 0 Å². The Balaban J connectivity index is 2.08. The molecule has 1 aromatic heterocycles. The van der Waals surface area contributed by atoms with Crippen LogP contribution in [0.3, 0.4) is 0 Å². The fraction of sp³-hybridized carbons (Fsp3) is 0.462. The van der Waals surface area contributed by atoms with Crippen LogP contribution in [0.1, 0.15) is 19.8 Å². The zero-order valence-corrected chi connectivity index (χ0v) is 11.8. The van der Waals surface area contributed by atoms with Gasteiger partial charge in [0.1, 0.15) is 0 Å². The van der Waals surface area contributed by atoms with E-state index in [9.17, 15) is 0 Å². The predicted octanol–water partition coefficient (Wildman–Crippen LogP) is 3.92. The number of aromatic nitrogens is 2. The highest BCUT2D eigenvalue weighted by atomic mass is 35.5. The molecule has 0 amide bonds. The molecule has 2 aromatic rings. The minimum Gasteiger partial charge on any atom is -0.373 e. The Bertz CT molecular complexity index is 640. The van der Waals surface area contributed by atoms with E-state index in [4.69, 9.17) is 28.6 Å². The van der Waals surface area contributed by atoms with Gasteiger partial charge in [0, 0.05) is 11.6 Å². The number of fused-ring (bicyclic) bond motifs is 1. The second kappa shape index (κ2) is 4.37. The number of H-pyrrole nitrogens is 1. The molecule has 0 aliphatic carbocycles. The van der Waals surface area contributed by atoms with Crippen molar-refractivity contribution < 1.29 is 4.74 Å². The van der Waals surface area contributed by atoms with E-state index >= 15 is 0 Å². The largest absolute Gasteiger partial charge is 0.373 e. The lowest BCUT2D eigenvalue weighted by Crippen LogP contribution is -2.29. The van der Waals surface area contributed by atoms with Crippen LogP contribution >= 0.6 is 23.8 Å². The van der Waals surface area contributed by atoms with Crippen LogP contribution in [0.25, 0.3) is 11.0 Å². The molecule has 5 heteroatoms. The predicted molar refractivity (Wildman–Crippen MR) is 75.7 cm³/mol. The second-order valence-electron chi connectivity index (χ2n) is 5.08. The van der Waals surface area contributed by atoms with Crippen molar-refractivity contribution in [3.63, 3.8) is 0 Å². The normalized spacial score (nSPS) is 23.9. The highest BCUT2D eigenvalue weighted by molar-refractivity contribution is 7.71. The van der Waals surface area contributed by atoms with E-state index in [1.165, 1.54) is 0 Å². The van der Waals surface area contributed by atoms with Gasteiger partial charge in [-0.2, -0.15) is 0 Å². The van der Waals surface area contributed by atoms with Crippen molar-refractivity contribution in [3.8, 4) is 0 Å². The first-order chi connectivity index (χ1) is 8.57. The van der Waals surface area contributed by atoms with Crippen LogP contribution in [-0.4, -0.2) is 21.8 Å². The maximum absolute atomic E-state index is 6.06. The molecule has 3 rings (SSSR count). The van der Waals surface area contributed by atoms with E-state index in [1.807, 2.05) is 18.2 Å². The number of halogens is 1. The molecule has 1 aliphatic rings. The van der Waals surface area contributed by atoms with Gasteiger partial charge in [0.15, 0.2) is 4.77 Å². The Morgan fingerprint density at radius 1 is 1.56 bits per heavy atom. The fourth-order valence-electron chi connectivity index (χ4n) is 2.58. The van der Waals surface area contributed by atoms with Crippen LogP contribution in [0, 0.1) is 4.77 Å². The molecule has 1 N–H and O–H groups in total. The monoisotopic (exact) mass is 282 g/mol. The standard InChI is InChI=1S/C13H15ClN2OS/c1-13(5-2-6-17-13)8-16-11-7-9(14)3-4-10(11)15-12(16)18/h3-4,7H,2,5-6,8H2,1H3,(H,15,18). The van der Waals surface area contributed by atoms with Crippen LogP contribution < -0.4 is 0 Å². The lowest BCUT2D eigenvalue weighted by molar-refractivity contribution is 0.00679. The first-order valence-electron chi connectivity index (χ1n) is 6.09.